The fourth-order valence-electron chi connectivity index (χ4n) is 2.02. The van der Waals surface area contributed by atoms with E-state index in [0.29, 0.717) is 11.6 Å². The van der Waals surface area contributed by atoms with E-state index in [1.54, 1.807) is 12.4 Å². The largest absolute Gasteiger partial charge is 0.481 e. The Morgan fingerprint density at radius 3 is 3.12 bits per heavy atom. The number of halogens is 1. The van der Waals surface area contributed by atoms with Crippen molar-refractivity contribution in [3.8, 4) is 0 Å². The van der Waals surface area contributed by atoms with Gasteiger partial charge in [-0.3, -0.25) is 9.78 Å². The molecule has 1 aliphatic rings. The molecule has 1 aromatic rings. The third kappa shape index (κ3) is 2.27. The first-order valence-corrected chi connectivity index (χ1v) is 5.63. The highest BCUT2D eigenvalue weighted by Gasteiger charge is 2.26. The van der Waals surface area contributed by atoms with Crippen molar-refractivity contribution in [1.82, 2.24) is 4.98 Å². The maximum absolute atomic E-state index is 10.9. The maximum atomic E-state index is 10.9. The average molecular weight is 241 g/mol. The SMILES string of the molecule is O=C(O)C1CCCN(c2ccncc2Cl)C1. The molecule has 0 aliphatic carbocycles. The standard InChI is InChI=1S/C11H13ClN2O2/c12-9-6-13-4-3-10(9)14-5-1-2-8(7-14)11(15)16/h3-4,6,8H,1-2,5,7H2,(H,15,16). The second kappa shape index (κ2) is 4.70. The normalized spacial score (nSPS) is 20.8. The molecule has 0 saturated carbocycles. The van der Waals surface area contributed by atoms with Crippen molar-refractivity contribution in [2.24, 2.45) is 5.92 Å². The Balaban J connectivity index is 2.16. The first kappa shape index (κ1) is 11.2. The van der Waals surface area contributed by atoms with Gasteiger partial charge < -0.3 is 10.0 Å². The Hall–Kier alpha value is -1.29. The van der Waals surface area contributed by atoms with Gasteiger partial charge in [0.05, 0.1) is 16.6 Å². The third-order valence-electron chi connectivity index (χ3n) is 2.86. The van der Waals surface area contributed by atoms with E-state index in [1.165, 1.54) is 0 Å². The zero-order valence-corrected chi connectivity index (χ0v) is 9.52. The summed E-state index contributed by atoms with van der Waals surface area (Å²) in [4.78, 5) is 16.9. The topological polar surface area (TPSA) is 53.4 Å². The van der Waals surface area contributed by atoms with Crippen molar-refractivity contribution in [2.75, 3.05) is 18.0 Å². The number of aromatic nitrogens is 1. The lowest BCUT2D eigenvalue weighted by atomic mass is 9.98. The Morgan fingerprint density at radius 2 is 2.44 bits per heavy atom. The highest BCUT2D eigenvalue weighted by Crippen LogP contribution is 2.28. The van der Waals surface area contributed by atoms with Crippen LogP contribution >= 0.6 is 11.6 Å². The molecule has 1 fully saturated rings. The molecule has 1 aliphatic heterocycles. The fourth-order valence-corrected chi connectivity index (χ4v) is 2.26. The van der Waals surface area contributed by atoms with Crippen molar-refractivity contribution in [3.63, 3.8) is 0 Å². The predicted molar refractivity (Wildman–Crippen MR) is 61.8 cm³/mol. The zero-order valence-electron chi connectivity index (χ0n) is 8.77. The van der Waals surface area contributed by atoms with Crippen LogP contribution in [0.25, 0.3) is 0 Å². The van der Waals surface area contributed by atoms with E-state index in [1.807, 2.05) is 11.0 Å². The van der Waals surface area contributed by atoms with Crippen LogP contribution in [0.5, 0.6) is 0 Å². The molecule has 1 unspecified atom stereocenters. The van der Waals surface area contributed by atoms with Gasteiger partial charge >= 0.3 is 5.97 Å². The van der Waals surface area contributed by atoms with Gasteiger partial charge in [0.15, 0.2) is 0 Å². The number of rotatable bonds is 2. The molecule has 0 aromatic carbocycles. The number of carboxylic acids is 1. The van der Waals surface area contributed by atoms with Gasteiger partial charge in [-0.05, 0) is 18.9 Å². The number of carbonyl (C=O) groups is 1. The number of hydrogen-bond acceptors (Lipinski definition) is 3. The minimum absolute atomic E-state index is 0.294. The predicted octanol–water partition coefficient (Wildman–Crippen LogP) is 2.04. The first-order chi connectivity index (χ1) is 7.68. The van der Waals surface area contributed by atoms with Gasteiger partial charge in [-0.2, -0.15) is 0 Å². The number of nitrogens with zero attached hydrogens (tertiary/aromatic N) is 2. The summed E-state index contributed by atoms with van der Waals surface area (Å²) >= 11 is 6.03. The summed E-state index contributed by atoms with van der Waals surface area (Å²) in [6.45, 7) is 1.38. The lowest BCUT2D eigenvalue weighted by Crippen LogP contribution is -2.38. The van der Waals surface area contributed by atoms with Crippen LogP contribution in [0.2, 0.25) is 5.02 Å². The van der Waals surface area contributed by atoms with Crippen molar-refractivity contribution in [2.45, 2.75) is 12.8 Å². The summed E-state index contributed by atoms with van der Waals surface area (Å²) in [5.41, 5.74) is 0.877. The number of anilines is 1. The van der Waals surface area contributed by atoms with E-state index >= 15 is 0 Å². The number of pyridine rings is 1. The molecule has 0 spiro atoms. The fraction of sp³-hybridized carbons (Fsp3) is 0.455. The highest BCUT2D eigenvalue weighted by atomic mass is 35.5. The minimum Gasteiger partial charge on any atom is -0.481 e. The van der Waals surface area contributed by atoms with Crippen LogP contribution in [-0.2, 0) is 4.79 Å². The van der Waals surface area contributed by atoms with Crippen molar-refractivity contribution < 1.29 is 9.90 Å². The Bertz CT molecular complexity index is 397. The van der Waals surface area contributed by atoms with Gasteiger partial charge in [-0.25, -0.2) is 0 Å². The molecule has 2 rings (SSSR count). The molecule has 4 nitrogen and oxygen atoms in total. The molecular formula is C11H13ClN2O2. The molecule has 16 heavy (non-hydrogen) atoms. The van der Waals surface area contributed by atoms with Gasteiger partial charge in [0.1, 0.15) is 0 Å². The second-order valence-corrected chi connectivity index (χ2v) is 4.36. The molecule has 86 valence electrons. The summed E-state index contributed by atoms with van der Waals surface area (Å²) in [5.74, 6) is -1.02. The molecule has 1 saturated heterocycles. The van der Waals surface area contributed by atoms with Crippen LogP contribution in [0.1, 0.15) is 12.8 Å². The van der Waals surface area contributed by atoms with Crippen LogP contribution in [0.4, 0.5) is 5.69 Å². The number of hydrogen-bond donors (Lipinski definition) is 1. The lowest BCUT2D eigenvalue weighted by Gasteiger charge is -2.32. The number of aliphatic carboxylic acids is 1. The average Bonchev–Trinajstić information content (AvgIpc) is 2.30. The summed E-state index contributed by atoms with van der Waals surface area (Å²) in [7, 11) is 0. The summed E-state index contributed by atoms with van der Waals surface area (Å²) in [5, 5.41) is 9.58. The second-order valence-electron chi connectivity index (χ2n) is 3.95. The molecule has 1 aromatic heterocycles. The maximum Gasteiger partial charge on any atom is 0.308 e. The van der Waals surface area contributed by atoms with E-state index in [0.717, 1.165) is 25.1 Å². The molecular weight excluding hydrogens is 228 g/mol. The van der Waals surface area contributed by atoms with E-state index in [9.17, 15) is 4.79 Å². The molecule has 2 heterocycles. The van der Waals surface area contributed by atoms with E-state index in [-0.39, 0.29) is 5.92 Å². The van der Waals surface area contributed by atoms with Crippen molar-refractivity contribution >= 4 is 23.3 Å². The summed E-state index contributed by atoms with van der Waals surface area (Å²) in [6, 6.07) is 1.83. The van der Waals surface area contributed by atoms with Gasteiger partial charge in [0.25, 0.3) is 0 Å². The number of piperidine rings is 1. The quantitative estimate of drug-likeness (QED) is 0.860. The molecule has 0 radical (unpaired) electrons. The van der Waals surface area contributed by atoms with Gasteiger partial charge in [0.2, 0.25) is 0 Å². The minimum atomic E-state index is -0.727. The highest BCUT2D eigenvalue weighted by molar-refractivity contribution is 6.33. The van der Waals surface area contributed by atoms with Gasteiger partial charge in [0, 0.05) is 25.5 Å². The van der Waals surface area contributed by atoms with E-state index in [2.05, 4.69) is 4.98 Å². The molecule has 1 N–H and O–H groups in total. The summed E-state index contributed by atoms with van der Waals surface area (Å²) < 4.78 is 0. The Labute approximate surface area is 98.9 Å². The van der Waals surface area contributed by atoms with Crippen molar-refractivity contribution in [3.05, 3.63) is 23.5 Å². The van der Waals surface area contributed by atoms with Crippen LogP contribution in [0.15, 0.2) is 18.5 Å². The van der Waals surface area contributed by atoms with Crippen LogP contribution in [0, 0.1) is 5.92 Å². The van der Waals surface area contributed by atoms with Crippen LogP contribution in [-0.4, -0.2) is 29.1 Å². The molecule has 0 bridgehead atoms. The third-order valence-corrected chi connectivity index (χ3v) is 3.15. The first-order valence-electron chi connectivity index (χ1n) is 5.26. The Morgan fingerprint density at radius 1 is 1.62 bits per heavy atom. The van der Waals surface area contributed by atoms with Crippen LogP contribution < -0.4 is 4.90 Å². The van der Waals surface area contributed by atoms with E-state index < -0.39 is 5.97 Å². The molecule has 1 atom stereocenters. The van der Waals surface area contributed by atoms with E-state index in [4.69, 9.17) is 16.7 Å². The van der Waals surface area contributed by atoms with Gasteiger partial charge in [-0.15, -0.1) is 0 Å². The molecule has 5 heteroatoms. The molecule has 0 amide bonds. The number of carboxylic acid groups (broad SMARTS) is 1. The monoisotopic (exact) mass is 240 g/mol. The summed E-state index contributed by atoms with van der Waals surface area (Å²) in [6.07, 6.45) is 4.89. The Kier molecular flexibility index (Phi) is 3.29. The van der Waals surface area contributed by atoms with Crippen molar-refractivity contribution in [1.29, 1.82) is 0 Å². The smallest absolute Gasteiger partial charge is 0.308 e. The van der Waals surface area contributed by atoms with Gasteiger partial charge in [-0.1, -0.05) is 11.6 Å². The zero-order chi connectivity index (χ0) is 11.5. The van der Waals surface area contributed by atoms with Crippen LogP contribution in [0.3, 0.4) is 0 Å². The lowest BCUT2D eigenvalue weighted by molar-refractivity contribution is -0.141.